The molecule has 0 aliphatic rings. The molecule has 1 nitrogen and oxygen atoms in total. The van der Waals surface area contributed by atoms with Gasteiger partial charge in [0.05, 0.1) is 0 Å². The van der Waals surface area contributed by atoms with Gasteiger partial charge in [0.15, 0.2) is 0 Å². The molecule has 1 aromatic heterocycles. The normalized spacial score (nSPS) is 10.0. The van der Waals surface area contributed by atoms with Crippen molar-refractivity contribution in [1.29, 1.82) is 0 Å². The minimum atomic E-state index is -0.0347. The van der Waals surface area contributed by atoms with Crippen LogP contribution in [0, 0.1) is 6.92 Å². The Morgan fingerprint density at radius 3 is 2.85 bits per heavy atom. The van der Waals surface area contributed by atoms with Gasteiger partial charge in [-0.15, -0.1) is 0 Å². The number of hydrogen-bond donors (Lipinski definition) is 0. The van der Waals surface area contributed by atoms with Crippen molar-refractivity contribution >= 4 is 41.1 Å². The second-order valence-electron chi connectivity index (χ2n) is 2.65. The van der Waals surface area contributed by atoms with Gasteiger partial charge < -0.3 is 12.4 Å². The summed E-state index contributed by atoms with van der Waals surface area (Å²) in [5, 5.41) is 0. The SMILES string of the molecule is CSc1ccc2[te]c(C)[nH+]c2c1.[Cl-]. The monoisotopic (exact) mass is 329 g/mol. The van der Waals surface area contributed by atoms with Crippen LogP contribution in [0.5, 0.6) is 0 Å². The molecule has 13 heavy (non-hydrogen) atoms. The maximum atomic E-state index is 3.43. The minimum absolute atomic E-state index is 0. The predicted octanol–water partition coefficient (Wildman–Crippen LogP) is -1.25. The van der Waals surface area contributed by atoms with Crippen LogP contribution in [0.4, 0.5) is 0 Å². The number of H-pyrrole nitrogens is 1. The Morgan fingerprint density at radius 1 is 1.38 bits per heavy atom. The van der Waals surface area contributed by atoms with Crippen LogP contribution in [-0.4, -0.2) is 26.7 Å². The van der Waals surface area contributed by atoms with Gasteiger partial charge >= 0.3 is 86.1 Å². The van der Waals surface area contributed by atoms with Gasteiger partial charge in [0, 0.05) is 0 Å². The van der Waals surface area contributed by atoms with Gasteiger partial charge in [-0.05, 0) is 0 Å². The molecule has 2 aromatic rings. The molecule has 0 spiro atoms. The molecular formula is C9H10ClNSTe. The molecule has 70 valence electrons. The molecule has 2 rings (SSSR count). The molecule has 1 heterocycles. The van der Waals surface area contributed by atoms with Gasteiger partial charge in [0.2, 0.25) is 0 Å². The summed E-state index contributed by atoms with van der Waals surface area (Å²) in [6.45, 7) is 2.20. The van der Waals surface area contributed by atoms with E-state index < -0.39 is 0 Å². The topological polar surface area (TPSA) is 14.1 Å². The van der Waals surface area contributed by atoms with E-state index in [4.69, 9.17) is 0 Å². The van der Waals surface area contributed by atoms with E-state index in [2.05, 4.69) is 36.4 Å². The van der Waals surface area contributed by atoms with Gasteiger partial charge in [-0.25, -0.2) is 0 Å². The Hall–Kier alpha value is 0.320. The number of aromatic amines is 1. The molecule has 1 N–H and O–H groups in total. The third-order valence-corrected chi connectivity index (χ3v) is 5.29. The van der Waals surface area contributed by atoms with Crippen LogP contribution in [-0.2, 0) is 0 Å². The Balaban J connectivity index is 0.000000845. The van der Waals surface area contributed by atoms with Crippen LogP contribution in [0.1, 0.15) is 3.71 Å². The van der Waals surface area contributed by atoms with Gasteiger partial charge in [0.1, 0.15) is 0 Å². The third-order valence-electron chi connectivity index (χ3n) is 1.76. The number of nitrogens with one attached hydrogen (secondary N) is 1. The fourth-order valence-corrected chi connectivity index (χ4v) is 4.06. The average molecular weight is 327 g/mol. The number of fused-ring (bicyclic) bond motifs is 1. The van der Waals surface area contributed by atoms with Crippen molar-refractivity contribution in [2.75, 3.05) is 6.26 Å². The van der Waals surface area contributed by atoms with E-state index in [1.165, 1.54) is 14.1 Å². The second kappa shape index (κ2) is 4.70. The molecule has 0 atom stereocenters. The Kier molecular flexibility index (Phi) is 4.12. The fourth-order valence-electron chi connectivity index (χ4n) is 1.20. The first-order valence-electron chi connectivity index (χ1n) is 3.76. The first kappa shape index (κ1) is 11.4. The molecule has 0 saturated carbocycles. The first-order valence-corrected chi connectivity index (χ1v) is 7.31. The van der Waals surface area contributed by atoms with E-state index in [1.54, 1.807) is 15.2 Å². The smallest absolute Gasteiger partial charge is 1.00 e. The van der Waals surface area contributed by atoms with Crippen molar-refractivity contribution in [1.82, 2.24) is 0 Å². The molecular weight excluding hydrogens is 317 g/mol. The summed E-state index contributed by atoms with van der Waals surface area (Å²) in [5.41, 5.74) is 1.35. The summed E-state index contributed by atoms with van der Waals surface area (Å²) in [7, 11) is 0. The number of halogens is 1. The minimum Gasteiger partial charge on any atom is -1.00 e. The predicted molar refractivity (Wildman–Crippen MR) is 54.0 cm³/mol. The zero-order valence-corrected chi connectivity index (χ0v) is 11.3. The number of aryl methyl sites for hydroxylation is 1. The summed E-state index contributed by atoms with van der Waals surface area (Å²) in [6.07, 6.45) is 2.12. The molecule has 4 heteroatoms. The summed E-state index contributed by atoms with van der Waals surface area (Å²) in [5.74, 6) is 0. The van der Waals surface area contributed by atoms with Crippen LogP contribution in [0.25, 0.3) is 8.92 Å². The number of hydrogen-bond acceptors (Lipinski definition) is 1. The Bertz CT molecular complexity index is 413. The van der Waals surface area contributed by atoms with Crippen molar-refractivity contribution in [2.45, 2.75) is 11.8 Å². The average Bonchev–Trinajstić information content (AvgIpc) is 2.43. The number of benzene rings is 1. The van der Waals surface area contributed by atoms with Crippen LogP contribution in [0.3, 0.4) is 0 Å². The summed E-state index contributed by atoms with van der Waals surface area (Å²) in [4.78, 5) is 4.78. The molecule has 0 bridgehead atoms. The first-order chi connectivity index (χ1) is 5.79. The summed E-state index contributed by atoms with van der Waals surface area (Å²) in [6, 6.07) is 6.74. The molecule has 0 saturated heterocycles. The van der Waals surface area contributed by atoms with Crippen molar-refractivity contribution in [3.8, 4) is 0 Å². The summed E-state index contributed by atoms with van der Waals surface area (Å²) >= 11 is 1.77. The van der Waals surface area contributed by atoms with Crippen molar-refractivity contribution < 1.29 is 17.4 Å². The molecule has 1 aromatic carbocycles. The molecule has 0 aliphatic carbocycles. The van der Waals surface area contributed by atoms with E-state index in [-0.39, 0.29) is 32.8 Å². The van der Waals surface area contributed by atoms with E-state index in [0.717, 1.165) is 0 Å². The van der Waals surface area contributed by atoms with Gasteiger partial charge in [-0.1, -0.05) is 0 Å². The van der Waals surface area contributed by atoms with E-state index in [0.29, 0.717) is 0 Å². The van der Waals surface area contributed by atoms with E-state index in [1.807, 2.05) is 0 Å². The molecule has 0 aliphatic heterocycles. The molecule has 0 unspecified atom stereocenters. The van der Waals surface area contributed by atoms with E-state index in [9.17, 15) is 0 Å². The number of aromatic nitrogens is 1. The quantitative estimate of drug-likeness (QED) is 0.471. The third kappa shape index (κ3) is 2.41. The largest absolute Gasteiger partial charge is 1.00 e. The van der Waals surface area contributed by atoms with Crippen LogP contribution in [0.15, 0.2) is 23.1 Å². The number of rotatable bonds is 1. The van der Waals surface area contributed by atoms with Crippen molar-refractivity contribution in [2.24, 2.45) is 0 Å². The molecule has 0 amide bonds. The molecule has 0 fully saturated rings. The van der Waals surface area contributed by atoms with Gasteiger partial charge in [0.25, 0.3) is 0 Å². The zero-order valence-electron chi connectivity index (χ0n) is 7.43. The maximum Gasteiger partial charge on any atom is -1.00 e. The van der Waals surface area contributed by atoms with E-state index >= 15 is 0 Å². The van der Waals surface area contributed by atoms with Crippen LogP contribution < -0.4 is 17.4 Å². The maximum absolute atomic E-state index is 3.43. The fraction of sp³-hybridized carbons (Fsp3) is 0.222. The zero-order chi connectivity index (χ0) is 8.55. The standard InChI is InChI=1S/C9H9NSTe.ClH/c1-6-10-8-5-7(11-2)3-4-9(8)12-6;/h3-5H,1-2H3;1H. The van der Waals surface area contributed by atoms with Crippen molar-refractivity contribution in [3.63, 3.8) is 0 Å². The van der Waals surface area contributed by atoms with Crippen LogP contribution >= 0.6 is 11.8 Å². The van der Waals surface area contributed by atoms with Crippen LogP contribution in [0.2, 0.25) is 0 Å². The van der Waals surface area contributed by atoms with Gasteiger partial charge in [-0.3, -0.25) is 0 Å². The number of thioether (sulfide) groups is 1. The van der Waals surface area contributed by atoms with Crippen molar-refractivity contribution in [3.05, 3.63) is 21.9 Å². The molecule has 0 radical (unpaired) electrons. The van der Waals surface area contributed by atoms with Gasteiger partial charge in [-0.2, -0.15) is 0 Å². The summed E-state index contributed by atoms with van der Waals surface area (Å²) < 4.78 is 3.03. The Morgan fingerprint density at radius 2 is 2.15 bits per heavy atom. The second-order valence-corrected chi connectivity index (χ2v) is 7.11. The Labute approximate surface area is 98.0 Å².